The molecular weight excluding hydrogens is 363 g/mol. The van der Waals surface area contributed by atoms with Crippen molar-refractivity contribution in [1.82, 2.24) is 4.90 Å². The van der Waals surface area contributed by atoms with Gasteiger partial charge in [0.15, 0.2) is 0 Å². The number of likely N-dealkylation sites (N-methyl/N-ethyl adjacent to an activating group) is 1. The second kappa shape index (κ2) is 8.59. The second-order valence-electron chi connectivity index (χ2n) is 6.86. The summed E-state index contributed by atoms with van der Waals surface area (Å²) in [5.41, 5.74) is 1.90. The maximum absolute atomic E-state index is 13.2. The second-order valence-corrected chi connectivity index (χ2v) is 6.86. The Balaban J connectivity index is 1.68. The van der Waals surface area contributed by atoms with Gasteiger partial charge in [-0.05, 0) is 35.4 Å². The topological polar surface area (TPSA) is 23.5 Å². The van der Waals surface area contributed by atoms with Crippen LogP contribution < -0.4 is 0 Å². The van der Waals surface area contributed by atoms with Crippen LogP contribution in [0.1, 0.15) is 22.8 Å². The van der Waals surface area contributed by atoms with Gasteiger partial charge in [-0.1, -0.05) is 72.8 Å². The van der Waals surface area contributed by atoms with Gasteiger partial charge >= 0.3 is 6.18 Å². The maximum atomic E-state index is 13.2. The van der Waals surface area contributed by atoms with E-state index in [0.717, 1.165) is 17.2 Å². The van der Waals surface area contributed by atoms with E-state index >= 15 is 0 Å². The summed E-state index contributed by atoms with van der Waals surface area (Å²) in [5, 5.41) is 10.3. The molecule has 0 aliphatic heterocycles. The van der Waals surface area contributed by atoms with Crippen molar-refractivity contribution >= 4 is 0 Å². The number of alkyl halides is 3. The maximum Gasteiger partial charge on any atom is 0.417 e. The van der Waals surface area contributed by atoms with E-state index in [1.807, 2.05) is 54.4 Å². The summed E-state index contributed by atoms with van der Waals surface area (Å²) in [4.78, 5) is 1.98. The van der Waals surface area contributed by atoms with Crippen molar-refractivity contribution in [1.29, 1.82) is 0 Å². The zero-order valence-corrected chi connectivity index (χ0v) is 15.5. The quantitative estimate of drug-likeness (QED) is 0.602. The molecule has 1 unspecified atom stereocenters. The summed E-state index contributed by atoms with van der Waals surface area (Å²) >= 11 is 0. The van der Waals surface area contributed by atoms with Crippen LogP contribution in [-0.4, -0.2) is 23.6 Å². The van der Waals surface area contributed by atoms with Crippen LogP contribution in [0.3, 0.4) is 0 Å². The number of hydrogen-bond donors (Lipinski definition) is 1. The molecular formula is C23H22F3NO. The van der Waals surface area contributed by atoms with Crippen molar-refractivity contribution in [2.45, 2.75) is 18.8 Å². The molecule has 1 atom stereocenters. The zero-order chi connectivity index (χ0) is 20.1. The minimum absolute atomic E-state index is 0.175. The fourth-order valence-electron chi connectivity index (χ4n) is 3.22. The first-order valence-electron chi connectivity index (χ1n) is 9.01. The molecule has 0 bridgehead atoms. The third kappa shape index (κ3) is 5.00. The Morgan fingerprint density at radius 3 is 2.11 bits per heavy atom. The summed E-state index contributed by atoms with van der Waals surface area (Å²) in [6.07, 6.45) is -4.98. The van der Waals surface area contributed by atoms with Gasteiger partial charge in [0.05, 0.1) is 11.7 Å². The lowest BCUT2D eigenvalue weighted by molar-refractivity contribution is -0.137. The Bertz CT molecular complexity index is 892. The van der Waals surface area contributed by atoms with E-state index in [1.54, 1.807) is 18.2 Å². The van der Waals surface area contributed by atoms with Gasteiger partial charge in [0.1, 0.15) is 0 Å². The van der Waals surface area contributed by atoms with E-state index in [4.69, 9.17) is 0 Å². The molecule has 1 N–H and O–H groups in total. The molecule has 0 aliphatic carbocycles. The fraction of sp³-hybridized carbons (Fsp3) is 0.217. The summed E-state index contributed by atoms with van der Waals surface area (Å²) < 4.78 is 39.6. The average molecular weight is 385 g/mol. The van der Waals surface area contributed by atoms with Crippen molar-refractivity contribution in [3.63, 3.8) is 0 Å². The molecule has 0 amide bonds. The highest BCUT2D eigenvalue weighted by Crippen LogP contribution is 2.36. The van der Waals surface area contributed by atoms with Crippen molar-refractivity contribution in [2.24, 2.45) is 0 Å². The largest absolute Gasteiger partial charge is 0.417 e. The molecule has 28 heavy (non-hydrogen) atoms. The first kappa shape index (κ1) is 20.1. The van der Waals surface area contributed by atoms with Crippen molar-refractivity contribution < 1.29 is 18.3 Å². The van der Waals surface area contributed by atoms with Gasteiger partial charge < -0.3 is 5.11 Å². The van der Waals surface area contributed by atoms with Crippen LogP contribution in [0.5, 0.6) is 0 Å². The first-order chi connectivity index (χ1) is 13.3. The number of rotatable bonds is 6. The molecule has 2 nitrogen and oxygen atoms in total. The Morgan fingerprint density at radius 2 is 1.46 bits per heavy atom. The van der Waals surface area contributed by atoms with Crippen molar-refractivity contribution in [2.75, 3.05) is 13.6 Å². The highest BCUT2D eigenvalue weighted by molar-refractivity contribution is 5.68. The minimum atomic E-state index is -4.39. The first-order valence-corrected chi connectivity index (χ1v) is 9.01. The lowest BCUT2D eigenvalue weighted by atomic mass is 9.98. The van der Waals surface area contributed by atoms with E-state index in [1.165, 1.54) is 12.1 Å². The summed E-state index contributed by atoms with van der Waals surface area (Å²) in [7, 11) is 1.90. The average Bonchev–Trinajstić information content (AvgIpc) is 2.68. The summed E-state index contributed by atoms with van der Waals surface area (Å²) in [5.74, 6) is 0. The molecule has 0 radical (unpaired) electrons. The van der Waals surface area contributed by atoms with Crippen molar-refractivity contribution in [3.05, 3.63) is 95.6 Å². The van der Waals surface area contributed by atoms with Gasteiger partial charge in [0.2, 0.25) is 0 Å². The molecule has 0 fully saturated rings. The molecule has 0 aromatic heterocycles. The van der Waals surface area contributed by atoms with Gasteiger partial charge in [-0.25, -0.2) is 0 Å². The minimum Gasteiger partial charge on any atom is -0.387 e. The highest BCUT2D eigenvalue weighted by atomic mass is 19.4. The standard InChI is InChI=1S/C23H22F3NO/c1-27(16-22(28)19-7-3-2-4-8-19)15-17-11-13-18(14-12-17)20-9-5-6-10-21(20)23(24,25)26/h2-14,22,28H,15-16H2,1H3. The third-order valence-corrected chi connectivity index (χ3v) is 4.62. The number of aliphatic hydroxyl groups excluding tert-OH is 1. The Labute approximate surface area is 162 Å². The SMILES string of the molecule is CN(Cc1ccc(-c2ccccc2C(F)(F)F)cc1)CC(O)c1ccccc1. The normalized spacial score (nSPS) is 12.9. The van der Waals surface area contributed by atoms with E-state index in [9.17, 15) is 18.3 Å². The molecule has 5 heteroatoms. The number of nitrogens with zero attached hydrogens (tertiary/aromatic N) is 1. The van der Waals surface area contributed by atoms with Gasteiger partial charge in [-0.2, -0.15) is 13.2 Å². The summed E-state index contributed by atoms with van der Waals surface area (Å²) in [6, 6.07) is 22.1. The molecule has 0 heterocycles. The van der Waals surface area contributed by atoms with Crippen LogP contribution in [0.15, 0.2) is 78.9 Å². The van der Waals surface area contributed by atoms with E-state index < -0.39 is 17.8 Å². The van der Waals surface area contributed by atoms with Crippen molar-refractivity contribution in [3.8, 4) is 11.1 Å². The van der Waals surface area contributed by atoms with Gasteiger partial charge in [-0.15, -0.1) is 0 Å². The Morgan fingerprint density at radius 1 is 0.857 bits per heavy atom. The molecule has 146 valence electrons. The number of hydrogen-bond acceptors (Lipinski definition) is 2. The fourth-order valence-corrected chi connectivity index (χ4v) is 3.22. The van der Waals surface area contributed by atoms with Gasteiger partial charge in [0.25, 0.3) is 0 Å². The van der Waals surface area contributed by atoms with E-state index in [0.29, 0.717) is 18.7 Å². The van der Waals surface area contributed by atoms with Gasteiger partial charge in [0, 0.05) is 13.1 Å². The molecule has 0 spiro atoms. The van der Waals surface area contributed by atoms with Crippen LogP contribution in [0, 0.1) is 0 Å². The molecule has 3 rings (SSSR count). The van der Waals surface area contributed by atoms with Crippen LogP contribution in [-0.2, 0) is 12.7 Å². The molecule has 0 saturated heterocycles. The number of aliphatic hydroxyl groups is 1. The Kier molecular flexibility index (Phi) is 6.17. The monoisotopic (exact) mass is 385 g/mol. The predicted molar refractivity (Wildman–Crippen MR) is 105 cm³/mol. The van der Waals surface area contributed by atoms with E-state index in [-0.39, 0.29) is 5.56 Å². The summed E-state index contributed by atoms with van der Waals surface area (Å²) in [6.45, 7) is 1.05. The highest BCUT2D eigenvalue weighted by Gasteiger charge is 2.33. The zero-order valence-electron chi connectivity index (χ0n) is 15.5. The predicted octanol–water partition coefficient (Wildman–Crippen LogP) is 5.54. The van der Waals surface area contributed by atoms with E-state index in [2.05, 4.69) is 0 Å². The Hall–Kier alpha value is -2.63. The van der Waals surface area contributed by atoms with Crippen LogP contribution in [0.25, 0.3) is 11.1 Å². The molecule has 0 saturated carbocycles. The van der Waals surface area contributed by atoms with Crippen LogP contribution >= 0.6 is 0 Å². The third-order valence-electron chi connectivity index (χ3n) is 4.62. The molecule has 0 aliphatic rings. The smallest absolute Gasteiger partial charge is 0.387 e. The van der Waals surface area contributed by atoms with Crippen LogP contribution in [0.4, 0.5) is 13.2 Å². The van der Waals surface area contributed by atoms with Gasteiger partial charge in [-0.3, -0.25) is 4.90 Å². The molecule has 3 aromatic carbocycles. The number of halogens is 3. The van der Waals surface area contributed by atoms with Crippen LogP contribution in [0.2, 0.25) is 0 Å². The lowest BCUT2D eigenvalue weighted by Crippen LogP contribution is -2.24. The lowest BCUT2D eigenvalue weighted by Gasteiger charge is -2.21. The molecule has 3 aromatic rings. The number of benzene rings is 3.